The van der Waals surface area contributed by atoms with Crippen LogP contribution in [-0.2, 0) is 9.53 Å². The number of piperidine rings is 1. The molecule has 138 valence electrons. The summed E-state index contributed by atoms with van der Waals surface area (Å²) < 4.78 is 5.07. The van der Waals surface area contributed by atoms with E-state index < -0.39 is 4.92 Å². The second-order valence-corrected chi connectivity index (χ2v) is 6.58. The molecular formula is C17H24ClN3O4. The van der Waals surface area contributed by atoms with Gasteiger partial charge in [0, 0.05) is 24.2 Å². The maximum absolute atomic E-state index is 11.7. The number of anilines is 1. The number of aryl methyl sites for hydroxylation is 1. The normalized spacial score (nSPS) is 15.8. The molecule has 0 atom stereocenters. The van der Waals surface area contributed by atoms with E-state index >= 15 is 0 Å². The third kappa shape index (κ3) is 5.31. The number of benzene rings is 1. The van der Waals surface area contributed by atoms with Gasteiger partial charge in [-0.1, -0.05) is 11.6 Å². The van der Waals surface area contributed by atoms with Crippen LogP contribution in [0.5, 0.6) is 0 Å². The summed E-state index contributed by atoms with van der Waals surface area (Å²) in [6.45, 7) is 6.94. The number of nitrogens with zero attached hydrogens (tertiary/aromatic N) is 2. The molecule has 0 saturated carbocycles. The molecule has 0 radical (unpaired) electrons. The van der Waals surface area contributed by atoms with Gasteiger partial charge >= 0.3 is 5.97 Å². The molecule has 0 spiro atoms. The van der Waals surface area contributed by atoms with E-state index in [4.69, 9.17) is 16.3 Å². The van der Waals surface area contributed by atoms with Gasteiger partial charge in [0.2, 0.25) is 0 Å². The molecule has 0 amide bonds. The molecule has 0 unspecified atom stereocenters. The molecule has 2 rings (SSSR count). The van der Waals surface area contributed by atoms with E-state index in [0.29, 0.717) is 29.4 Å². The Morgan fingerprint density at radius 1 is 1.44 bits per heavy atom. The summed E-state index contributed by atoms with van der Waals surface area (Å²) >= 11 is 6.07. The van der Waals surface area contributed by atoms with Gasteiger partial charge in [0.05, 0.1) is 17.4 Å². The average molecular weight is 370 g/mol. The van der Waals surface area contributed by atoms with Gasteiger partial charge in [0.15, 0.2) is 0 Å². The van der Waals surface area contributed by atoms with Crippen LogP contribution in [0, 0.1) is 23.0 Å². The van der Waals surface area contributed by atoms with Crippen molar-refractivity contribution in [2.24, 2.45) is 5.92 Å². The lowest BCUT2D eigenvalue weighted by molar-refractivity contribution is -0.384. The minimum absolute atomic E-state index is 0.0128. The molecule has 1 aliphatic heterocycles. The zero-order valence-electron chi connectivity index (χ0n) is 14.6. The van der Waals surface area contributed by atoms with Crippen LogP contribution in [0.2, 0.25) is 5.02 Å². The van der Waals surface area contributed by atoms with Crippen molar-refractivity contribution < 1.29 is 14.5 Å². The largest absolute Gasteiger partial charge is 0.466 e. The van der Waals surface area contributed by atoms with Crippen LogP contribution in [0.25, 0.3) is 0 Å². The fourth-order valence-corrected chi connectivity index (χ4v) is 3.12. The van der Waals surface area contributed by atoms with E-state index in [2.05, 4.69) is 10.2 Å². The number of halogens is 1. The summed E-state index contributed by atoms with van der Waals surface area (Å²) in [5.74, 6) is -0.119. The summed E-state index contributed by atoms with van der Waals surface area (Å²) in [6, 6.07) is 3.08. The van der Waals surface area contributed by atoms with Gasteiger partial charge in [-0.2, -0.15) is 0 Å². The smallest absolute Gasteiger partial charge is 0.309 e. The summed E-state index contributed by atoms with van der Waals surface area (Å²) in [7, 11) is 0. The topological polar surface area (TPSA) is 84.7 Å². The van der Waals surface area contributed by atoms with Crippen LogP contribution >= 0.6 is 11.6 Å². The highest BCUT2D eigenvalue weighted by atomic mass is 35.5. The van der Waals surface area contributed by atoms with Gasteiger partial charge in [-0.05, 0) is 51.4 Å². The Balaban J connectivity index is 1.83. The molecule has 0 bridgehead atoms. The highest BCUT2D eigenvalue weighted by Gasteiger charge is 2.25. The van der Waals surface area contributed by atoms with Crippen molar-refractivity contribution in [2.75, 3.05) is 38.1 Å². The van der Waals surface area contributed by atoms with Crippen molar-refractivity contribution in [3.8, 4) is 0 Å². The Bertz CT molecular complexity index is 631. The van der Waals surface area contributed by atoms with Crippen molar-refractivity contribution in [3.63, 3.8) is 0 Å². The van der Waals surface area contributed by atoms with Crippen molar-refractivity contribution in [1.29, 1.82) is 0 Å². The highest BCUT2D eigenvalue weighted by molar-refractivity contribution is 6.31. The number of likely N-dealkylation sites (tertiary alicyclic amines) is 1. The predicted octanol–water partition coefficient (Wildman–Crippen LogP) is 3.24. The molecule has 8 heteroatoms. The minimum atomic E-state index is -0.406. The van der Waals surface area contributed by atoms with Gasteiger partial charge in [-0.25, -0.2) is 0 Å². The Morgan fingerprint density at radius 2 is 2.12 bits per heavy atom. The Kier molecular flexibility index (Phi) is 7.01. The number of esters is 1. The number of nitro benzene ring substituents is 1. The Labute approximate surface area is 152 Å². The molecule has 0 aromatic heterocycles. The zero-order valence-corrected chi connectivity index (χ0v) is 15.3. The van der Waals surface area contributed by atoms with Crippen LogP contribution < -0.4 is 5.32 Å². The summed E-state index contributed by atoms with van der Waals surface area (Å²) in [5.41, 5.74) is 1.14. The van der Waals surface area contributed by atoms with Crippen molar-refractivity contribution in [3.05, 3.63) is 32.8 Å². The Hall–Kier alpha value is -1.86. The maximum Gasteiger partial charge on any atom is 0.309 e. The van der Waals surface area contributed by atoms with Crippen molar-refractivity contribution in [2.45, 2.75) is 26.7 Å². The van der Waals surface area contributed by atoms with Crippen molar-refractivity contribution in [1.82, 2.24) is 4.90 Å². The lowest BCUT2D eigenvalue weighted by Crippen LogP contribution is -2.39. The number of ether oxygens (including phenoxy) is 1. The fraction of sp³-hybridized carbons (Fsp3) is 0.588. The first kappa shape index (κ1) is 19.5. The maximum atomic E-state index is 11.7. The second kappa shape index (κ2) is 9.01. The van der Waals surface area contributed by atoms with Gasteiger partial charge in [0.25, 0.3) is 5.69 Å². The predicted molar refractivity (Wildman–Crippen MR) is 97.1 cm³/mol. The lowest BCUT2D eigenvalue weighted by Gasteiger charge is -2.30. The molecule has 1 aromatic rings. The van der Waals surface area contributed by atoms with Crippen LogP contribution in [0.3, 0.4) is 0 Å². The molecule has 1 fully saturated rings. The first-order valence-corrected chi connectivity index (χ1v) is 8.87. The van der Waals surface area contributed by atoms with Crippen LogP contribution in [-0.4, -0.2) is 48.6 Å². The minimum Gasteiger partial charge on any atom is -0.466 e. The molecule has 0 aliphatic carbocycles. The SMILES string of the molecule is CCOC(=O)C1CCN(CCNc2cc(Cl)c(C)cc2[N+](=O)[O-])CC1. The summed E-state index contributed by atoms with van der Waals surface area (Å²) in [5, 5.41) is 14.8. The summed E-state index contributed by atoms with van der Waals surface area (Å²) in [4.78, 5) is 24.7. The summed E-state index contributed by atoms with van der Waals surface area (Å²) in [6.07, 6.45) is 1.57. The number of rotatable bonds is 7. The van der Waals surface area contributed by atoms with Gasteiger partial charge in [-0.15, -0.1) is 0 Å². The van der Waals surface area contributed by atoms with Crippen molar-refractivity contribution >= 4 is 28.9 Å². The van der Waals surface area contributed by atoms with Gasteiger partial charge < -0.3 is 15.0 Å². The number of carbonyl (C=O) groups excluding carboxylic acids is 1. The number of nitrogens with one attached hydrogen (secondary N) is 1. The number of hydrogen-bond acceptors (Lipinski definition) is 6. The fourth-order valence-electron chi connectivity index (χ4n) is 2.96. The lowest BCUT2D eigenvalue weighted by atomic mass is 9.97. The Morgan fingerprint density at radius 3 is 2.72 bits per heavy atom. The van der Waals surface area contributed by atoms with Crippen LogP contribution in [0.4, 0.5) is 11.4 Å². The highest BCUT2D eigenvalue weighted by Crippen LogP contribution is 2.30. The number of hydrogen-bond donors (Lipinski definition) is 1. The molecule has 25 heavy (non-hydrogen) atoms. The molecule has 1 saturated heterocycles. The van der Waals surface area contributed by atoms with E-state index in [9.17, 15) is 14.9 Å². The van der Waals surface area contributed by atoms with E-state index in [-0.39, 0.29) is 17.6 Å². The molecule has 1 aromatic carbocycles. The zero-order chi connectivity index (χ0) is 18.4. The molecule has 1 aliphatic rings. The molecule has 1 heterocycles. The average Bonchev–Trinajstić information content (AvgIpc) is 2.58. The number of nitro groups is 1. The third-order valence-electron chi connectivity index (χ3n) is 4.42. The van der Waals surface area contributed by atoms with E-state index in [1.165, 1.54) is 6.07 Å². The third-order valence-corrected chi connectivity index (χ3v) is 4.83. The van der Waals surface area contributed by atoms with E-state index in [1.807, 2.05) is 6.92 Å². The van der Waals surface area contributed by atoms with Gasteiger partial charge in [-0.3, -0.25) is 14.9 Å². The first-order chi connectivity index (χ1) is 11.9. The van der Waals surface area contributed by atoms with Crippen LogP contribution in [0.1, 0.15) is 25.3 Å². The van der Waals surface area contributed by atoms with Gasteiger partial charge in [0.1, 0.15) is 5.69 Å². The second-order valence-electron chi connectivity index (χ2n) is 6.17. The molecule has 1 N–H and O–H groups in total. The standard InChI is InChI=1S/C17H24ClN3O4/c1-3-25-17(22)13-4-7-20(8-5-13)9-6-19-15-11-14(18)12(2)10-16(15)21(23)24/h10-11,13,19H,3-9H2,1-2H3. The van der Waals surface area contributed by atoms with Crippen LogP contribution in [0.15, 0.2) is 12.1 Å². The molecule has 7 nitrogen and oxygen atoms in total. The van der Waals surface area contributed by atoms with E-state index in [0.717, 1.165) is 32.5 Å². The molecular weight excluding hydrogens is 346 g/mol. The first-order valence-electron chi connectivity index (χ1n) is 8.49. The quantitative estimate of drug-likeness (QED) is 0.451. The van der Waals surface area contributed by atoms with E-state index in [1.54, 1.807) is 13.0 Å². The monoisotopic (exact) mass is 369 g/mol. The number of carbonyl (C=O) groups is 1.